The molecule has 1 amide bonds. The minimum Gasteiger partial charge on any atom is -0.494 e. The summed E-state index contributed by atoms with van der Waals surface area (Å²) in [5.74, 6) is 2.04. The Bertz CT molecular complexity index is 691. The molecule has 1 aliphatic heterocycles. The van der Waals surface area contributed by atoms with Gasteiger partial charge in [-0.25, -0.2) is 4.98 Å². The van der Waals surface area contributed by atoms with Gasteiger partial charge in [0.15, 0.2) is 0 Å². The lowest BCUT2D eigenvalue weighted by Crippen LogP contribution is -2.33. The van der Waals surface area contributed by atoms with Crippen molar-refractivity contribution in [2.45, 2.75) is 38.5 Å². The Morgan fingerprint density at radius 3 is 2.58 bits per heavy atom. The fourth-order valence-electron chi connectivity index (χ4n) is 3.05. The van der Waals surface area contributed by atoms with Crippen molar-refractivity contribution in [1.29, 1.82) is 0 Å². The largest absolute Gasteiger partial charge is 0.494 e. The van der Waals surface area contributed by atoms with Crippen molar-refractivity contribution < 1.29 is 13.9 Å². The molecular formula is C20H25ClN2O3. The Balaban J connectivity index is 1.57. The van der Waals surface area contributed by atoms with E-state index in [1.54, 1.807) is 6.26 Å². The Morgan fingerprint density at radius 2 is 1.88 bits per heavy atom. The summed E-state index contributed by atoms with van der Waals surface area (Å²) in [4.78, 5) is 18.9. The SMILES string of the molecule is O=C(Cc1coc(-c2ccc(OCCCCl)cc2)n1)N1CCCCCC1. The molecule has 1 fully saturated rings. The Labute approximate surface area is 159 Å². The summed E-state index contributed by atoms with van der Waals surface area (Å²) >= 11 is 5.64. The van der Waals surface area contributed by atoms with E-state index >= 15 is 0 Å². The van der Waals surface area contributed by atoms with Gasteiger partial charge in [0.2, 0.25) is 11.8 Å². The molecule has 2 heterocycles. The van der Waals surface area contributed by atoms with E-state index < -0.39 is 0 Å². The summed E-state index contributed by atoms with van der Waals surface area (Å²) in [6, 6.07) is 7.58. The van der Waals surface area contributed by atoms with Crippen molar-refractivity contribution in [1.82, 2.24) is 9.88 Å². The smallest absolute Gasteiger partial charge is 0.228 e. The number of carbonyl (C=O) groups is 1. The Kier molecular flexibility index (Phi) is 6.95. The molecule has 0 aliphatic carbocycles. The molecule has 0 atom stereocenters. The summed E-state index contributed by atoms with van der Waals surface area (Å²) in [5.41, 5.74) is 1.54. The first-order chi connectivity index (χ1) is 12.8. The highest BCUT2D eigenvalue weighted by molar-refractivity contribution is 6.17. The number of likely N-dealkylation sites (tertiary alicyclic amines) is 1. The Morgan fingerprint density at radius 1 is 1.15 bits per heavy atom. The third-order valence-electron chi connectivity index (χ3n) is 4.49. The molecule has 6 heteroatoms. The van der Waals surface area contributed by atoms with Crippen LogP contribution < -0.4 is 4.74 Å². The van der Waals surface area contributed by atoms with Gasteiger partial charge in [0.1, 0.15) is 12.0 Å². The lowest BCUT2D eigenvalue weighted by atomic mass is 10.2. The summed E-state index contributed by atoms with van der Waals surface area (Å²) in [7, 11) is 0. The van der Waals surface area contributed by atoms with E-state index in [9.17, 15) is 4.79 Å². The van der Waals surface area contributed by atoms with E-state index in [1.807, 2.05) is 29.2 Å². The topological polar surface area (TPSA) is 55.6 Å². The number of aromatic nitrogens is 1. The van der Waals surface area contributed by atoms with Crippen LogP contribution in [0.5, 0.6) is 5.75 Å². The van der Waals surface area contributed by atoms with Gasteiger partial charge in [0.25, 0.3) is 0 Å². The summed E-state index contributed by atoms with van der Waals surface area (Å²) < 4.78 is 11.1. The third kappa shape index (κ3) is 5.24. The molecule has 140 valence electrons. The minimum absolute atomic E-state index is 0.134. The molecule has 1 aliphatic rings. The number of alkyl halides is 1. The van der Waals surface area contributed by atoms with Crippen LogP contribution in [0.2, 0.25) is 0 Å². The van der Waals surface area contributed by atoms with Crippen LogP contribution in [0.1, 0.15) is 37.8 Å². The highest BCUT2D eigenvalue weighted by atomic mass is 35.5. The molecule has 2 aromatic rings. The summed E-state index contributed by atoms with van der Waals surface area (Å²) in [6.07, 6.45) is 7.30. The van der Waals surface area contributed by atoms with Gasteiger partial charge in [-0.1, -0.05) is 12.8 Å². The fraction of sp³-hybridized carbons (Fsp3) is 0.500. The molecule has 0 bridgehead atoms. The predicted molar refractivity (Wildman–Crippen MR) is 102 cm³/mol. The molecule has 0 unspecified atom stereocenters. The van der Waals surface area contributed by atoms with Gasteiger partial charge in [0.05, 0.1) is 18.7 Å². The average molecular weight is 377 g/mol. The van der Waals surface area contributed by atoms with Gasteiger partial charge < -0.3 is 14.1 Å². The highest BCUT2D eigenvalue weighted by Crippen LogP contribution is 2.22. The molecular weight excluding hydrogens is 352 g/mol. The molecule has 0 N–H and O–H groups in total. The first-order valence-corrected chi connectivity index (χ1v) is 9.81. The fourth-order valence-corrected chi connectivity index (χ4v) is 3.16. The van der Waals surface area contributed by atoms with Crippen LogP contribution >= 0.6 is 11.6 Å². The zero-order valence-electron chi connectivity index (χ0n) is 15.0. The van der Waals surface area contributed by atoms with Gasteiger partial charge in [-0.2, -0.15) is 0 Å². The zero-order chi connectivity index (χ0) is 18.2. The van der Waals surface area contributed by atoms with E-state index in [4.69, 9.17) is 20.8 Å². The van der Waals surface area contributed by atoms with E-state index in [1.165, 1.54) is 12.8 Å². The number of amides is 1. The number of oxazole rings is 1. The normalized spacial score (nSPS) is 14.9. The van der Waals surface area contributed by atoms with Crippen molar-refractivity contribution >= 4 is 17.5 Å². The molecule has 5 nitrogen and oxygen atoms in total. The Hall–Kier alpha value is -2.01. The van der Waals surface area contributed by atoms with E-state index in [0.29, 0.717) is 30.5 Å². The van der Waals surface area contributed by atoms with Crippen molar-refractivity contribution in [2.75, 3.05) is 25.6 Å². The quantitative estimate of drug-likeness (QED) is 0.534. The number of ether oxygens (including phenoxy) is 1. The first kappa shape index (κ1) is 18.8. The maximum Gasteiger partial charge on any atom is 0.228 e. The zero-order valence-corrected chi connectivity index (χ0v) is 15.7. The molecule has 1 aromatic heterocycles. The first-order valence-electron chi connectivity index (χ1n) is 9.27. The molecule has 1 saturated heterocycles. The van der Waals surface area contributed by atoms with Gasteiger partial charge >= 0.3 is 0 Å². The number of benzene rings is 1. The van der Waals surface area contributed by atoms with Gasteiger partial charge in [0, 0.05) is 24.5 Å². The number of nitrogens with zero attached hydrogens (tertiary/aromatic N) is 2. The van der Waals surface area contributed by atoms with Crippen LogP contribution in [0.15, 0.2) is 34.9 Å². The summed E-state index contributed by atoms with van der Waals surface area (Å²) in [5, 5.41) is 0. The van der Waals surface area contributed by atoms with Crippen LogP contribution in [-0.2, 0) is 11.2 Å². The lowest BCUT2D eigenvalue weighted by molar-refractivity contribution is -0.130. The number of rotatable bonds is 7. The van der Waals surface area contributed by atoms with Gasteiger partial charge in [-0.15, -0.1) is 11.6 Å². The highest BCUT2D eigenvalue weighted by Gasteiger charge is 2.18. The third-order valence-corrected chi connectivity index (χ3v) is 4.76. The molecule has 0 saturated carbocycles. The average Bonchev–Trinajstić information content (AvgIpc) is 2.94. The number of halogens is 1. The molecule has 26 heavy (non-hydrogen) atoms. The lowest BCUT2D eigenvalue weighted by Gasteiger charge is -2.19. The summed E-state index contributed by atoms with van der Waals surface area (Å²) in [6.45, 7) is 2.31. The second-order valence-electron chi connectivity index (χ2n) is 6.53. The standard InChI is InChI=1S/C20H25ClN2O3/c21-10-5-13-25-18-8-6-16(7-9-18)20-22-17(15-26-20)14-19(24)23-11-3-1-2-4-12-23/h6-9,15H,1-5,10-14H2. The monoisotopic (exact) mass is 376 g/mol. The molecule has 1 aromatic carbocycles. The minimum atomic E-state index is 0.134. The van der Waals surface area contributed by atoms with Crippen LogP contribution in [-0.4, -0.2) is 41.4 Å². The molecule has 0 spiro atoms. The van der Waals surface area contributed by atoms with E-state index in [-0.39, 0.29) is 5.91 Å². The number of hydrogen-bond acceptors (Lipinski definition) is 4. The second kappa shape index (κ2) is 9.62. The van der Waals surface area contributed by atoms with Crippen LogP contribution in [0, 0.1) is 0 Å². The second-order valence-corrected chi connectivity index (χ2v) is 6.91. The maximum atomic E-state index is 12.5. The predicted octanol–water partition coefficient (Wildman–Crippen LogP) is 4.29. The van der Waals surface area contributed by atoms with Gasteiger partial charge in [-0.3, -0.25) is 4.79 Å². The van der Waals surface area contributed by atoms with Crippen molar-refractivity contribution in [3.05, 3.63) is 36.2 Å². The van der Waals surface area contributed by atoms with Crippen LogP contribution in [0.3, 0.4) is 0 Å². The van der Waals surface area contributed by atoms with Crippen molar-refractivity contribution in [3.8, 4) is 17.2 Å². The number of carbonyl (C=O) groups excluding carboxylic acids is 1. The van der Waals surface area contributed by atoms with Crippen molar-refractivity contribution in [3.63, 3.8) is 0 Å². The molecule has 3 rings (SSSR count). The van der Waals surface area contributed by atoms with E-state index in [2.05, 4.69) is 4.98 Å². The van der Waals surface area contributed by atoms with Crippen LogP contribution in [0.25, 0.3) is 11.5 Å². The number of hydrogen-bond donors (Lipinski definition) is 0. The van der Waals surface area contributed by atoms with Crippen molar-refractivity contribution in [2.24, 2.45) is 0 Å². The van der Waals surface area contributed by atoms with Gasteiger partial charge in [-0.05, 0) is 43.5 Å². The van der Waals surface area contributed by atoms with Crippen LogP contribution in [0.4, 0.5) is 0 Å². The maximum absolute atomic E-state index is 12.5. The molecule has 0 radical (unpaired) electrons. The van der Waals surface area contributed by atoms with E-state index in [0.717, 1.165) is 43.7 Å².